The first kappa shape index (κ1) is 17.2. The van der Waals surface area contributed by atoms with Crippen molar-refractivity contribution in [1.82, 2.24) is 5.32 Å². The minimum absolute atomic E-state index is 0.376. The van der Waals surface area contributed by atoms with Gasteiger partial charge < -0.3 is 10.4 Å². The second kappa shape index (κ2) is 8.48. The van der Waals surface area contributed by atoms with Gasteiger partial charge in [-0.3, -0.25) is 4.79 Å². The van der Waals surface area contributed by atoms with Gasteiger partial charge in [0.1, 0.15) is 6.04 Å². The summed E-state index contributed by atoms with van der Waals surface area (Å²) in [4.78, 5) is 23.5. The van der Waals surface area contributed by atoms with Crippen LogP contribution in [0.3, 0.4) is 0 Å². The van der Waals surface area contributed by atoms with Crippen LogP contribution in [0.15, 0.2) is 59.1 Å². The molecule has 120 valence electrons. The molecule has 2 aromatic carbocycles. The van der Waals surface area contributed by atoms with E-state index in [0.717, 1.165) is 16.5 Å². The third-order valence-corrected chi connectivity index (χ3v) is 3.98. The molecule has 2 rings (SSSR count). The zero-order chi connectivity index (χ0) is 16.7. The molecule has 5 heteroatoms. The van der Waals surface area contributed by atoms with Crippen LogP contribution in [0.5, 0.6) is 0 Å². The molecule has 4 nitrogen and oxygen atoms in total. The molecule has 0 spiro atoms. The van der Waals surface area contributed by atoms with Crippen molar-refractivity contribution in [2.45, 2.75) is 25.3 Å². The molecule has 0 aliphatic carbocycles. The van der Waals surface area contributed by atoms with Crippen molar-refractivity contribution in [3.63, 3.8) is 0 Å². The van der Waals surface area contributed by atoms with E-state index >= 15 is 0 Å². The third kappa shape index (κ3) is 5.53. The van der Waals surface area contributed by atoms with Gasteiger partial charge in [0.25, 0.3) is 5.91 Å². The van der Waals surface area contributed by atoms with Gasteiger partial charge in [0.15, 0.2) is 0 Å². The van der Waals surface area contributed by atoms with Gasteiger partial charge in [-0.15, -0.1) is 0 Å². The lowest BCUT2D eigenvalue weighted by molar-refractivity contribution is -0.139. The maximum absolute atomic E-state index is 12.1. The quantitative estimate of drug-likeness (QED) is 0.775. The first-order chi connectivity index (χ1) is 11.1. The van der Waals surface area contributed by atoms with Crippen molar-refractivity contribution >= 4 is 27.8 Å². The molecule has 0 aliphatic heterocycles. The van der Waals surface area contributed by atoms with Crippen LogP contribution < -0.4 is 5.32 Å². The Morgan fingerprint density at radius 1 is 1.09 bits per heavy atom. The summed E-state index contributed by atoms with van der Waals surface area (Å²) in [5.41, 5.74) is 1.60. The van der Waals surface area contributed by atoms with Gasteiger partial charge in [-0.05, 0) is 43.0 Å². The number of carboxylic acids is 1. The maximum Gasteiger partial charge on any atom is 0.326 e. The number of carboxylic acid groups (broad SMARTS) is 1. The largest absolute Gasteiger partial charge is 0.480 e. The molecule has 0 heterocycles. The van der Waals surface area contributed by atoms with E-state index in [9.17, 15) is 14.7 Å². The van der Waals surface area contributed by atoms with E-state index in [2.05, 4.69) is 21.2 Å². The van der Waals surface area contributed by atoms with Gasteiger partial charge >= 0.3 is 5.97 Å². The fourth-order valence-electron chi connectivity index (χ4n) is 2.28. The van der Waals surface area contributed by atoms with Crippen LogP contribution in [0.4, 0.5) is 0 Å². The zero-order valence-corrected chi connectivity index (χ0v) is 14.1. The van der Waals surface area contributed by atoms with Gasteiger partial charge in [-0.2, -0.15) is 0 Å². The highest BCUT2D eigenvalue weighted by Crippen LogP contribution is 2.12. The number of hydrogen-bond donors (Lipinski definition) is 2. The first-order valence-corrected chi connectivity index (χ1v) is 8.19. The lowest BCUT2D eigenvalue weighted by Gasteiger charge is -2.14. The highest BCUT2D eigenvalue weighted by atomic mass is 79.9. The smallest absolute Gasteiger partial charge is 0.326 e. The van der Waals surface area contributed by atoms with Crippen molar-refractivity contribution in [2.75, 3.05) is 0 Å². The van der Waals surface area contributed by atoms with E-state index in [-0.39, 0.29) is 5.91 Å². The second-order valence-electron chi connectivity index (χ2n) is 5.25. The van der Waals surface area contributed by atoms with Crippen LogP contribution in [0.1, 0.15) is 28.8 Å². The Labute approximate surface area is 143 Å². The fourth-order valence-corrected chi connectivity index (χ4v) is 2.68. The summed E-state index contributed by atoms with van der Waals surface area (Å²) in [6.07, 6.45) is 1.88. The Kier molecular flexibility index (Phi) is 6.35. The molecule has 23 heavy (non-hydrogen) atoms. The second-order valence-corrected chi connectivity index (χ2v) is 6.17. The lowest BCUT2D eigenvalue weighted by Crippen LogP contribution is -2.40. The van der Waals surface area contributed by atoms with Crippen molar-refractivity contribution in [3.05, 3.63) is 70.2 Å². The van der Waals surface area contributed by atoms with Crippen molar-refractivity contribution < 1.29 is 14.7 Å². The normalized spacial score (nSPS) is 11.7. The molecule has 0 aromatic heterocycles. The van der Waals surface area contributed by atoms with E-state index in [4.69, 9.17) is 0 Å². The predicted molar refractivity (Wildman–Crippen MR) is 92.4 cm³/mol. The monoisotopic (exact) mass is 375 g/mol. The van der Waals surface area contributed by atoms with Crippen molar-refractivity contribution in [3.8, 4) is 0 Å². The molecule has 0 aliphatic rings. The van der Waals surface area contributed by atoms with Crippen LogP contribution in [-0.4, -0.2) is 23.0 Å². The number of halogens is 1. The lowest BCUT2D eigenvalue weighted by atomic mass is 10.0. The number of amides is 1. The molecular weight excluding hydrogens is 358 g/mol. The van der Waals surface area contributed by atoms with Gasteiger partial charge in [-0.25, -0.2) is 4.79 Å². The van der Waals surface area contributed by atoms with E-state index in [1.807, 2.05) is 36.4 Å². The number of carbonyl (C=O) groups excluding carboxylic acids is 1. The summed E-state index contributed by atoms with van der Waals surface area (Å²) < 4.78 is 0.779. The molecule has 0 saturated carbocycles. The van der Waals surface area contributed by atoms with Gasteiger partial charge in [-0.1, -0.05) is 52.3 Å². The minimum atomic E-state index is -1.01. The van der Waals surface area contributed by atoms with Gasteiger partial charge in [0, 0.05) is 10.0 Å². The third-order valence-electron chi connectivity index (χ3n) is 3.49. The number of rotatable bonds is 7. The minimum Gasteiger partial charge on any atom is -0.480 e. The summed E-state index contributed by atoms with van der Waals surface area (Å²) in [7, 11) is 0. The Morgan fingerprint density at radius 2 is 1.83 bits per heavy atom. The number of carbonyl (C=O) groups is 2. The molecular formula is C18H18BrNO3. The zero-order valence-electron chi connectivity index (χ0n) is 12.5. The van der Waals surface area contributed by atoms with Crippen LogP contribution in [0.2, 0.25) is 0 Å². The van der Waals surface area contributed by atoms with Crippen molar-refractivity contribution in [1.29, 1.82) is 0 Å². The fraction of sp³-hybridized carbons (Fsp3) is 0.222. The average molecular weight is 376 g/mol. The van der Waals surface area contributed by atoms with Crippen molar-refractivity contribution in [2.24, 2.45) is 0 Å². The molecule has 0 radical (unpaired) electrons. The molecule has 0 bridgehead atoms. The Balaban J connectivity index is 1.91. The number of aliphatic carboxylic acids is 1. The molecule has 0 unspecified atom stereocenters. The summed E-state index contributed by atoms with van der Waals surface area (Å²) in [5.74, 6) is -1.39. The topological polar surface area (TPSA) is 66.4 Å². The first-order valence-electron chi connectivity index (χ1n) is 7.39. The Morgan fingerprint density at radius 3 is 2.48 bits per heavy atom. The molecule has 2 N–H and O–H groups in total. The van der Waals surface area contributed by atoms with E-state index in [1.165, 1.54) is 0 Å². The average Bonchev–Trinajstić information content (AvgIpc) is 2.54. The SMILES string of the molecule is O=C(N[C@@H](CCCc1ccccc1)C(=O)O)c1cccc(Br)c1. The molecule has 0 saturated heterocycles. The number of hydrogen-bond acceptors (Lipinski definition) is 2. The van der Waals surface area contributed by atoms with Gasteiger partial charge in [0.05, 0.1) is 0 Å². The summed E-state index contributed by atoms with van der Waals surface area (Å²) in [6.45, 7) is 0. The summed E-state index contributed by atoms with van der Waals surface area (Å²) in [6, 6.07) is 15.9. The number of aryl methyl sites for hydroxylation is 1. The molecule has 1 amide bonds. The Hall–Kier alpha value is -2.14. The number of nitrogens with one attached hydrogen (secondary N) is 1. The van der Waals surface area contributed by atoms with E-state index in [1.54, 1.807) is 18.2 Å². The maximum atomic E-state index is 12.1. The summed E-state index contributed by atoms with van der Waals surface area (Å²) in [5, 5.41) is 11.9. The highest BCUT2D eigenvalue weighted by Gasteiger charge is 2.20. The van der Waals surface area contributed by atoms with E-state index < -0.39 is 12.0 Å². The standard InChI is InChI=1S/C18H18BrNO3/c19-15-10-5-9-14(12-15)17(21)20-16(18(22)23)11-4-8-13-6-2-1-3-7-13/h1-3,5-7,9-10,12,16H,4,8,11H2,(H,20,21)(H,22,23)/t16-/m0/s1. The van der Waals surface area contributed by atoms with E-state index in [0.29, 0.717) is 18.4 Å². The Bertz CT molecular complexity index is 673. The van der Waals surface area contributed by atoms with Crippen LogP contribution in [0.25, 0.3) is 0 Å². The van der Waals surface area contributed by atoms with Gasteiger partial charge in [0.2, 0.25) is 0 Å². The molecule has 0 fully saturated rings. The van der Waals surface area contributed by atoms with Crippen LogP contribution >= 0.6 is 15.9 Å². The highest BCUT2D eigenvalue weighted by molar-refractivity contribution is 9.10. The molecule has 2 aromatic rings. The predicted octanol–water partition coefficient (Wildman–Crippen LogP) is 3.66. The van der Waals surface area contributed by atoms with Crippen LogP contribution in [0, 0.1) is 0 Å². The summed E-state index contributed by atoms with van der Waals surface area (Å²) >= 11 is 3.30. The van der Waals surface area contributed by atoms with Crippen LogP contribution in [-0.2, 0) is 11.2 Å². The molecule has 1 atom stereocenters. The number of benzene rings is 2.